The summed E-state index contributed by atoms with van der Waals surface area (Å²) in [6.07, 6.45) is 34.9. The van der Waals surface area contributed by atoms with Crippen LogP contribution in [0, 0.1) is 5.92 Å². The SMILES string of the molecule is CCCCCCCCCCCCCC(=O)OC[C@H](COP(=O)(O)OC[C@@H](O)COP(=O)(O)OC[C@@H](COC(=O)CCCCCCCCC)OC(=O)CCCCCCCCCC)OC(=O)CCCCCCCCCCC(C)CC. The van der Waals surface area contributed by atoms with Gasteiger partial charge in [-0.15, -0.1) is 0 Å². The molecule has 0 aromatic rings. The molecule has 0 aliphatic carbocycles. The van der Waals surface area contributed by atoms with Gasteiger partial charge in [0.25, 0.3) is 0 Å². The Kier molecular flexibility index (Phi) is 51.8. The lowest BCUT2D eigenvalue weighted by Gasteiger charge is -2.21. The summed E-state index contributed by atoms with van der Waals surface area (Å²) in [6.45, 7) is 7.08. The maximum Gasteiger partial charge on any atom is 0.472 e. The quantitative estimate of drug-likeness (QED) is 0.0222. The van der Waals surface area contributed by atoms with E-state index in [1.54, 1.807) is 0 Å². The third-order valence-electron chi connectivity index (χ3n) is 13.9. The summed E-state index contributed by atoms with van der Waals surface area (Å²) in [4.78, 5) is 71.8. The zero-order valence-corrected chi connectivity index (χ0v) is 51.6. The number of aliphatic hydroxyl groups is 1. The van der Waals surface area contributed by atoms with Gasteiger partial charge in [-0.25, -0.2) is 9.13 Å². The maximum absolute atomic E-state index is 12.9. The number of aliphatic hydroxyl groups excluding tert-OH is 1. The summed E-state index contributed by atoms with van der Waals surface area (Å²) in [5, 5.41) is 10.5. The summed E-state index contributed by atoms with van der Waals surface area (Å²) >= 11 is 0. The van der Waals surface area contributed by atoms with Crippen molar-refractivity contribution in [2.75, 3.05) is 39.6 Å². The van der Waals surface area contributed by atoms with Gasteiger partial charge in [0.05, 0.1) is 26.4 Å². The van der Waals surface area contributed by atoms with Crippen molar-refractivity contribution in [2.45, 2.75) is 310 Å². The molecule has 0 aromatic heterocycles. The number of esters is 4. The van der Waals surface area contributed by atoms with Crippen molar-refractivity contribution >= 4 is 39.5 Å². The zero-order chi connectivity index (χ0) is 57.8. The van der Waals surface area contributed by atoms with E-state index in [4.69, 9.17) is 37.0 Å². The Labute approximate surface area is 473 Å². The van der Waals surface area contributed by atoms with E-state index in [0.717, 1.165) is 115 Å². The molecule has 6 atom stereocenters. The Balaban J connectivity index is 5.21. The fourth-order valence-corrected chi connectivity index (χ4v) is 10.2. The molecule has 0 aromatic carbocycles. The number of phosphoric acid groups is 2. The number of ether oxygens (including phenoxy) is 4. The van der Waals surface area contributed by atoms with Crippen molar-refractivity contribution in [1.82, 2.24) is 0 Å². The van der Waals surface area contributed by atoms with Gasteiger partial charge in [-0.3, -0.25) is 37.3 Å². The molecular weight excluding hydrogens is 1040 g/mol. The van der Waals surface area contributed by atoms with Crippen molar-refractivity contribution in [3.8, 4) is 0 Å². The average Bonchev–Trinajstić information content (AvgIpc) is 3.41. The second-order valence-electron chi connectivity index (χ2n) is 21.6. The molecule has 0 radical (unpaired) electrons. The molecule has 3 N–H and O–H groups in total. The third-order valence-corrected chi connectivity index (χ3v) is 15.8. The van der Waals surface area contributed by atoms with Crippen LogP contribution in [0.15, 0.2) is 0 Å². The first kappa shape index (κ1) is 76.1. The van der Waals surface area contributed by atoms with Gasteiger partial charge in [-0.1, -0.05) is 240 Å². The van der Waals surface area contributed by atoms with E-state index in [9.17, 15) is 43.2 Å². The standard InChI is InChI=1S/C59H114O17P2/c1-6-10-13-16-19-21-22-23-29-33-38-43-57(62)70-49-55(76-59(64)45-40-35-30-25-24-27-31-36-41-52(5)9-4)51-74-78(67,68)72-47-53(60)46-71-77(65,66)73-50-54(48-69-56(61)42-37-32-26-18-15-12-8-3)75-58(63)44-39-34-28-20-17-14-11-7-2/h52-55,60H,6-51H2,1-5H3,(H,65,66)(H,67,68)/t52?,53-,54+,55+/m0/s1. The number of carbonyl (C=O) groups is 4. The van der Waals surface area contributed by atoms with Gasteiger partial charge in [0.1, 0.15) is 19.3 Å². The van der Waals surface area contributed by atoms with Gasteiger partial charge in [0.15, 0.2) is 12.2 Å². The molecule has 0 amide bonds. The van der Waals surface area contributed by atoms with Crippen LogP contribution in [0.2, 0.25) is 0 Å². The molecule has 0 spiro atoms. The second-order valence-corrected chi connectivity index (χ2v) is 24.5. The van der Waals surface area contributed by atoms with Gasteiger partial charge in [0, 0.05) is 25.7 Å². The van der Waals surface area contributed by atoms with Crippen molar-refractivity contribution in [3.63, 3.8) is 0 Å². The largest absolute Gasteiger partial charge is 0.472 e. The highest BCUT2D eigenvalue weighted by Gasteiger charge is 2.30. The molecule has 0 saturated heterocycles. The summed E-state index contributed by atoms with van der Waals surface area (Å²) in [7, 11) is -9.87. The van der Waals surface area contributed by atoms with Gasteiger partial charge >= 0.3 is 39.5 Å². The van der Waals surface area contributed by atoms with E-state index in [1.807, 2.05) is 0 Å². The highest BCUT2D eigenvalue weighted by molar-refractivity contribution is 7.47. The highest BCUT2D eigenvalue weighted by atomic mass is 31.2. The van der Waals surface area contributed by atoms with Crippen LogP contribution >= 0.6 is 15.6 Å². The van der Waals surface area contributed by atoms with Crippen LogP contribution in [0.25, 0.3) is 0 Å². The lowest BCUT2D eigenvalue weighted by atomic mass is 9.99. The van der Waals surface area contributed by atoms with Gasteiger partial charge in [-0.05, 0) is 31.6 Å². The van der Waals surface area contributed by atoms with E-state index in [-0.39, 0.29) is 25.7 Å². The van der Waals surface area contributed by atoms with Crippen LogP contribution in [0.5, 0.6) is 0 Å². The van der Waals surface area contributed by atoms with Gasteiger partial charge < -0.3 is 33.8 Å². The molecule has 462 valence electrons. The molecule has 0 saturated carbocycles. The molecule has 0 fully saturated rings. The molecular formula is C59H114O17P2. The van der Waals surface area contributed by atoms with E-state index in [2.05, 4.69) is 34.6 Å². The van der Waals surface area contributed by atoms with E-state index in [1.165, 1.54) is 96.3 Å². The van der Waals surface area contributed by atoms with Crippen molar-refractivity contribution in [1.29, 1.82) is 0 Å². The lowest BCUT2D eigenvalue weighted by molar-refractivity contribution is -0.161. The van der Waals surface area contributed by atoms with Crippen LogP contribution in [0.3, 0.4) is 0 Å². The number of unbranched alkanes of at least 4 members (excludes halogenated alkanes) is 30. The fraction of sp³-hybridized carbons (Fsp3) is 0.932. The molecule has 3 unspecified atom stereocenters. The minimum absolute atomic E-state index is 0.104. The Morgan fingerprint density at radius 3 is 0.910 bits per heavy atom. The first-order valence-electron chi connectivity index (χ1n) is 31.2. The van der Waals surface area contributed by atoms with Crippen LogP contribution in [-0.2, 0) is 65.4 Å². The molecule has 17 nitrogen and oxygen atoms in total. The predicted molar refractivity (Wildman–Crippen MR) is 308 cm³/mol. The van der Waals surface area contributed by atoms with Crippen molar-refractivity contribution in [3.05, 3.63) is 0 Å². The maximum atomic E-state index is 12.9. The van der Waals surface area contributed by atoms with E-state index < -0.39 is 97.5 Å². The van der Waals surface area contributed by atoms with Gasteiger partial charge in [0.2, 0.25) is 0 Å². The minimum Gasteiger partial charge on any atom is -0.462 e. The Hall–Kier alpha value is -1.94. The first-order valence-corrected chi connectivity index (χ1v) is 34.2. The molecule has 0 bridgehead atoms. The van der Waals surface area contributed by atoms with Crippen LogP contribution in [-0.4, -0.2) is 96.7 Å². The minimum atomic E-state index is -4.94. The zero-order valence-electron chi connectivity index (χ0n) is 49.8. The number of hydrogen-bond acceptors (Lipinski definition) is 15. The highest BCUT2D eigenvalue weighted by Crippen LogP contribution is 2.45. The number of carbonyl (C=O) groups excluding carboxylic acids is 4. The molecule has 19 heteroatoms. The van der Waals surface area contributed by atoms with Crippen LogP contribution < -0.4 is 0 Å². The molecule has 78 heavy (non-hydrogen) atoms. The van der Waals surface area contributed by atoms with Crippen molar-refractivity contribution in [2.24, 2.45) is 5.92 Å². The Morgan fingerprint density at radius 1 is 0.359 bits per heavy atom. The second kappa shape index (κ2) is 53.1. The van der Waals surface area contributed by atoms with Crippen LogP contribution in [0.1, 0.15) is 291 Å². The van der Waals surface area contributed by atoms with E-state index >= 15 is 0 Å². The van der Waals surface area contributed by atoms with Gasteiger partial charge in [-0.2, -0.15) is 0 Å². The summed E-state index contributed by atoms with van der Waals surface area (Å²) < 4.78 is 67.6. The van der Waals surface area contributed by atoms with E-state index in [0.29, 0.717) is 25.7 Å². The van der Waals surface area contributed by atoms with Crippen LogP contribution in [0.4, 0.5) is 0 Å². The third kappa shape index (κ3) is 52.2. The topological polar surface area (TPSA) is 237 Å². The number of rotatable bonds is 59. The molecule has 0 aliphatic rings. The predicted octanol–water partition coefficient (Wildman–Crippen LogP) is 15.8. The smallest absolute Gasteiger partial charge is 0.462 e. The fourth-order valence-electron chi connectivity index (χ4n) is 8.67. The summed E-state index contributed by atoms with van der Waals surface area (Å²) in [5.74, 6) is -1.38. The average molecular weight is 1160 g/mol. The number of hydrogen-bond donors (Lipinski definition) is 3. The molecule has 0 aliphatic heterocycles. The Morgan fingerprint density at radius 2 is 0.615 bits per heavy atom. The lowest BCUT2D eigenvalue weighted by Crippen LogP contribution is -2.30. The normalized spacial score (nSPS) is 14.7. The summed E-state index contributed by atoms with van der Waals surface area (Å²) in [5.41, 5.74) is 0. The number of phosphoric ester groups is 2. The Bertz CT molecular complexity index is 1540. The first-order chi connectivity index (χ1) is 37.6. The van der Waals surface area contributed by atoms with Crippen molar-refractivity contribution < 1.29 is 80.2 Å². The monoisotopic (exact) mass is 1160 g/mol. The molecule has 0 rings (SSSR count). The summed E-state index contributed by atoms with van der Waals surface area (Å²) in [6, 6.07) is 0. The molecule has 0 heterocycles.